The summed E-state index contributed by atoms with van der Waals surface area (Å²) in [5.41, 5.74) is 4.46. The van der Waals surface area contributed by atoms with Crippen LogP contribution in [0.4, 0.5) is 11.5 Å². The third-order valence-electron chi connectivity index (χ3n) is 4.63. The van der Waals surface area contributed by atoms with Crippen LogP contribution in [0, 0.1) is 20.8 Å². The van der Waals surface area contributed by atoms with Crippen molar-refractivity contribution >= 4 is 17.4 Å². The molecular weight excluding hydrogens is 314 g/mol. The van der Waals surface area contributed by atoms with Crippen molar-refractivity contribution in [2.75, 3.05) is 43.4 Å². The third kappa shape index (κ3) is 3.96. The Hall–Kier alpha value is -2.47. The monoisotopic (exact) mass is 339 g/mol. The normalized spacial score (nSPS) is 15.3. The lowest BCUT2D eigenvalue weighted by molar-refractivity contribution is 0.102. The van der Waals surface area contributed by atoms with E-state index in [2.05, 4.69) is 44.5 Å². The van der Waals surface area contributed by atoms with Gasteiger partial charge in [-0.3, -0.25) is 4.79 Å². The fraction of sp³-hybridized carbons (Fsp3) is 0.421. The number of nitrogens with one attached hydrogen (secondary N) is 1. The molecule has 1 N–H and O–H groups in total. The van der Waals surface area contributed by atoms with Crippen LogP contribution in [0.15, 0.2) is 24.3 Å². The second kappa shape index (κ2) is 7.19. The first-order valence-electron chi connectivity index (χ1n) is 8.60. The lowest BCUT2D eigenvalue weighted by Crippen LogP contribution is -2.44. The summed E-state index contributed by atoms with van der Waals surface area (Å²) in [7, 11) is 2.12. The number of benzene rings is 1. The predicted octanol–water partition coefficient (Wildman–Crippen LogP) is 2.41. The number of nitrogens with zero attached hydrogens (tertiary/aromatic N) is 4. The van der Waals surface area contributed by atoms with Gasteiger partial charge in [0.2, 0.25) is 0 Å². The molecule has 0 saturated carbocycles. The van der Waals surface area contributed by atoms with Crippen molar-refractivity contribution in [2.45, 2.75) is 20.8 Å². The number of carbonyl (C=O) groups is 1. The van der Waals surface area contributed by atoms with Crippen LogP contribution < -0.4 is 10.2 Å². The van der Waals surface area contributed by atoms with Gasteiger partial charge in [0.05, 0.1) is 0 Å². The van der Waals surface area contributed by atoms with Gasteiger partial charge in [-0.2, -0.15) is 0 Å². The molecule has 25 heavy (non-hydrogen) atoms. The summed E-state index contributed by atoms with van der Waals surface area (Å²) in [6.07, 6.45) is 0. The number of aryl methyl sites for hydroxylation is 3. The van der Waals surface area contributed by atoms with Gasteiger partial charge in [-0.1, -0.05) is 17.7 Å². The maximum absolute atomic E-state index is 12.5. The van der Waals surface area contributed by atoms with E-state index in [0.29, 0.717) is 5.69 Å². The van der Waals surface area contributed by atoms with E-state index in [1.54, 1.807) is 6.07 Å². The summed E-state index contributed by atoms with van der Waals surface area (Å²) in [5.74, 6) is 0.597. The molecule has 0 aliphatic carbocycles. The minimum atomic E-state index is -0.229. The first-order chi connectivity index (χ1) is 11.9. The maximum atomic E-state index is 12.5. The molecule has 2 aromatic rings. The van der Waals surface area contributed by atoms with Crippen LogP contribution in [0.25, 0.3) is 0 Å². The van der Waals surface area contributed by atoms with Crippen LogP contribution >= 0.6 is 0 Å². The molecule has 0 unspecified atom stereocenters. The number of hydrogen-bond donors (Lipinski definition) is 1. The number of carbonyl (C=O) groups excluding carboxylic acids is 1. The van der Waals surface area contributed by atoms with Crippen LogP contribution in [0.1, 0.15) is 27.2 Å². The van der Waals surface area contributed by atoms with E-state index in [-0.39, 0.29) is 5.91 Å². The third-order valence-corrected chi connectivity index (χ3v) is 4.63. The molecule has 1 aliphatic rings. The Balaban J connectivity index is 1.71. The van der Waals surface area contributed by atoms with E-state index in [0.717, 1.165) is 48.8 Å². The molecule has 132 valence electrons. The van der Waals surface area contributed by atoms with E-state index >= 15 is 0 Å². The largest absolute Gasteiger partial charge is 0.353 e. The van der Waals surface area contributed by atoms with Crippen LogP contribution in [0.2, 0.25) is 0 Å². The van der Waals surface area contributed by atoms with Gasteiger partial charge in [0.15, 0.2) is 11.5 Å². The fourth-order valence-corrected chi connectivity index (χ4v) is 3.21. The molecule has 1 aliphatic heterocycles. The van der Waals surface area contributed by atoms with E-state index in [1.165, 1.54) is 5.56 Å². The van der Waals surface area contributed by atoms with Crippen LogP contribution in [-0.2, 0) is 0 Å². The van der Waals surface area contributed by atoms with E-state index < -0.39 is 0 Å². The van der Waals surface area contributed by atoms with Crippen molar-refractivity contribution in [3.63, 3.8) is 0 Å². The van der Waals surface area contributed by atoms with E-state index in [4.69, 9.17) is 0 Å². The van der Waals surface area contributed by atoms with Crippen molar-refractivity contribution in [3.05, 3.63) is 46.6 Å². The molecular formula is C19H25N5O. The number of rotatable bonds is 3. The molecule has 0 radical (unpaired) electrons. The van der Waals surface area contributed by atoms with Gasteiger partial charge in [0.25, 0.3) is 5.91 Å². The SMILES string of the molecule is Cc1cc(C)c(NC(=O)c2ccc(N3CCN(C)CC3)nn2)c(C)c1. The molecule has 2 heterocycles. The zero-order chi connectivity index (χ0) is 18.0. The summed E-state index contributed by atoms with van der Waals surface area (Å²) < 4.78 is 0. The summed E-state index contributed by atoms with van der Waals surface area (Å²) in [5, 5.41) is 11.3. The summed E-state index contributed by atoms with van der Waals surface area (Å²) in [6.45, 7) is 9.92. The molecule has 0 atom stereocenters. The van der Waals surface area contributed by atoms with Gasteiger partial charge in [-0.05, 0) is 51.1 Å². The Bertz CT molecular complexity index is 741. The first-order valence-corrected chi connectivity index (χ1v) is 8.60. The number of amides is 1. The Labute approximate surface area is 148 Å². The smallest absolute Gasteiger partial charge is 0.276 e. The second-order valence-electron chi connectivity index (χ2n) is 6.79. The van der Waals surface area contributed by atoms with Crippen molar-refractivity contribution in [2.24, 2.45) is 0 Å². The molecule has 1 fully saturated rings. The number of likely N-dealkylation sites (N-methyl/N-ethyl adjacent to an activating group) is 1. The maximum Gasteiger partial charge on any atom is 0.276 e. The number of aromatic nitrogens is 2. The Morgan fingerprint density at radius 2 is 1.64 bits per heavy atom. The molecule has 3 rings (SSSR count). The summed E-state index contributed by atoms with van der Waals surface area (Å²) in [6, 6.07) is 7.74. The van der Waals surface area contributed by atoms with Gasteiger partial charge in [0, 0.05) is 31.9 Å². The van der Waals surface area contributed by atoms with Crippen LogP contribution in [-0.4, -0.2) is 54.2 Å². The Morgan fingerprint density at radius 1 is 1.00 bits per heavy atom. The number of anilines is 2. The van der Waals surface area contributed by atoms with Crippen LogP contribution in [0.3, 0.4) is 0 Å². The quantitative estimate of drug-likeness (QED) is 0.930. The van der Waals surface area contributed by atoms with Gasteiger partial charge in [-0.25, -0.2) is 0 Å². The molecule has 6 nitrogen and oxygen atoms in total. The molecule has 0 spiro atoms. The fourth-order valence-electron chi connectivity index (χ4n) is 3.21. The van der Waals surface area contributed by atoms with Crippen molar-refractivity contribution in [1.82, 2.24) is 15.1 Å². The van der Waals surface area contributed by atoms with Gasteiger partial charge in [0.1, 0.15) is 0 Å². The predicted molar refractivity (Wildman–Crippen MR) is 100 cm³/mol. The highest BCUT2D eigenvalue weighted by atomic mass is 16.1. The van der Waals surface area contributed by atoms with E-state index in [1.807, 2.05) is 26.8 Å². The Kier molecular flexibility index (Phi) is 4.99. The van der Waals surface area contributed by atoms with Crippen molar-refractivity contribution in [3.8, 4) is 0 Å². The zero-order valence-corrected chi connectivity index (χ0v) is 15.3. The van der Waals surface area contributed by atoms with Gasteiger partial charge in [-0.15, -0.1) is 10.2 Å². The molecule has 1 aromatic carbocycles. The van der Waals surface area contributed by atoms with Crippen molar-refractivity contribution < 1.29 is 4.79 Å². The Morgan fingerprint density at radius 3 is 2.20 bits per heavy atom. The molecule has 1 saturated heterocycles. The van der Waals surface area contributed by atoms with Gasteiger partial charge >= 0.3 is 0 Å². The first kappa shape index (κ1) is 17.4. The average molecular weight is 339 g/mol. The highest BCUT2D eigenvalue weighted by Gasteiger charge is 2.17. The molecule has 0 bridgehead atoms. The highest BCUT2D eigenvalue weighted by molar-refractivity contribution is 6.03. The average Bonchev–Trinajstić information content (AvgIpc) is 2.59. The summed E-state index contributed by atoms with van der Waals surface area (Å²) >= 11 is 0. The molecule has 1 aromatic heterocycles. The molecule has 6 heteroatoms. The molecule has 1 amide bonds. The van der Waals surface area contributed by atoms with E-state index in [9.17, 15) is 4.79 Å². The van der Waals surface area contributed by atoms with Crippen LogP contribution in [0.5, 0.6) is 0 Å². The van der Waals surface area contributed by atoms with Gasteiger partial charge < -0.3 is 15.1 Å². The topological polar surface area (TPSA) is 61.4 Å². The number of hydrogen-bond acceptors (Lipinski definition) is 5. The standard InChI is InChI=1S/C19H25N5O/c1-13-11-14(2)18(15(3)12-13)20-19(25)16-5-6-17(22-21-16)24-9-7-23(4)8-10-24/h5-6,11-12H,7-10H2,1-4H3,(H,20,25). The number of piperazine rings is 1. The van der Waals surface area contributed by atoms with Crippen molar-refractivity contribution in [1.29, 1.82) is 0 Å². The minimum absolute atomic E-state index is 0.229. The lowest BCUT2D eigenvalue weighted by Gasteiger charge is -2.32. The second-order valence-corrected chi connectivity index (χ2v) is 6.79. The highest BCUT2D eigenvalue weighted by Crippen LogP contribution is 2.22. The summed E-state index contributed by atoms with van der Waals surface area (Å²) in [4.78, 5) is 17.0. The lowest BCUT2D eigenvalue weighted by atomic mass is 10.1. The zero-order valence-electron chi connectivity index (χ0n) is 15.3. The minimum Gasteiger partial charge on any atom is -0.353 e.